The first-order valence-corrected chi connectivity index (χ1v) is 7.33. The Hall–Kier alpha value is -0.910. The van der Waals surface area contributed by atoms with Crippen molar-refractivity contribution in [1.29, 1.82) is 0 Å². The first kappa shape index (κ1) is 17.1. The molecular formula is C15H29N3O2. The first-order chi connectivity index (χ1) is 9.32. The van der Waals surface area contributed by atoms with Crippen LogP contribution in [0.25, 0.3) is 0 Å². The fraction of sp³-hybridized carbons (Fsp3) is 0.800. The zero-order valence-corrected chi connectivity index (χ0v) is 13.1. The van der Waals surface area contributed by atoms with Crippen LogP contribution in [0.2, 0.25) is 0 Å². The summed E-state index contributed by atoms with van der Waals surface area (Å²) < 4.78 is 0. The maximum absolute atomic E-state index is 11.6. The first-order valence-electron chi connectivity index (χ1n) is 7.33. The normalized spacial score (nSPS) is 19.6. The van der Waals surface area contributed by atoms with Gasteiger partial charge in [0.25, 0.3) is 0 Å². The number of carbonyl (C=O) groups excluding carboxylic acids is 1. The molecule has 0 spiro atoms. The number of hydrogen-bond donors (Lipinski definition) is 2. The van der Waals surface area contributed by atoms with Crippen LogP contribution in [0.5, 0.6) is 0 Å². The van der Waals surface area contributed by atoms with Gasteiger partial charge in [0, 0.05) is 39.3 Å². The van der Waals surface area contributed by atoms with Gasteiger partial charge < -0.3 is 10.4 Å². The lowest BCUT2D eigenvalue weighted by atomic mass is 9.89. The highest BCUT2D eigenvalue weighted by molar-refractivity contribution is 5.78. The molecule has 1 amide bonds. The number of hydrogen-bond acceptors (Lipinski definition) is 4. The molecule has 1 atom stereocenters. The van der Waals surface area contributed by atoms with Crippen LogP contribution in [-0.2, 0) is 4.79 Å². The average Bonchev–Trinajstić information content (AvgIpc) is 2.37. The number of carbonyl (C=O) groups is 1. The van der Waals surface area contributed by atoms with Crippen molar-refractivity contribution in [3.8, 4) is 0 Å². The molecule has 0 bridgehead atoms. The smallest absolute Gasteiger partial charge is 0.234 e. The van der Waals surface area contributed by atoms with E-state index in [0.717, 1.165) is 26.2 Å². The van der Waals surface area contributed by atoms with E-state index in [1.807, 2.05) is 0 Å². The van der Waals surface area contributed by atoms with E-state index in [9.17, 15) is 9.90 Å². The second-order valence-electron chi connectivity index (χ2n) is 6.55. The second kappa shape index (κ2) is 7.76. The van der Waals surface area contributed by atoms with Gasteiger partial charge in [0.05, 0.1) is 12.6 Å². The summed E-state index contributed by atoms with van der Waals surface area (Å²) in [7, 11) is 0. The zero-order chi connectivity index (χ0) is 15.2. The molecule has 5 heteroatoms. The van der Waals surface area contributed by atoms with Gasteiger partial charge in [-0.3, -0.25) is 14.6 Å². The lowest BCUT2D eigenvalue weighted by Gasteiger charge is -2.37. The van der Waals surface area contributed by atoms with E-state index < -0.39 is 0 Å². The molecule has 1 heterocycles. The maximum atomic E-state index is 11.6. The molecular weight excluding hydrogens is 254 g/mol. The van der Waals surface area contributed by atoms with Gasteiger partial charge in [-0.15, -0.1) is 6.58 Å². The molecule has 0 radical (unpaired) electrons. The van der Waals surface area contributed by atoms with Crippen molar-refractivity contribution in [2.24, 2.45) is 5.41 Å². The molecule has 0 aromatic carbocycles. The lowest BCUT2D eigenvalue weighted by Crippen LogP contribution is -2.52. The molecule has 0 aromatic heterocycles. The molecule has 1 rings (SSSR count). The third-order valence-electron chi connectivity index (χ3n) is 3.71. The van der Waals surface area contributed by atoms with Crippen molar-refractivity contribution >= 4 is 5.91 Å². The predicted octanol–water partition coefficient (Wildman–Crippen LogP) is 0.313. The Balaban J connectivity index is 2.26. The van der Waals surface area contributed by atoms with Gasteiger partial charge >= 0.3 is 0 Å². The minimum atomic E-state index is -0.315. The summed E-state index contributed by atoms with van der Waals surface area (Å²) in [6.07, 6.45) is 1.37. The summed E-state index contributed by atoms with van der Waals surface area (Å²) in [5.41, 5.74) is -0.0816. The maximum Gasteiger partial charge on any atom is 0.234 e. The highest BCUT2D eigenvalue weighted by atomic mass is 16.3. The number of rotatable bonds is 6. The lowest BCUT2D eigenvalue weighted by molar-refractivity contribution is -0.122. The summed E-state index contributed by atoms with van der Waals surface area (Å²) in [6, 6.07) is 0. The number of β-amino-alcohol motifs (C(OH)–C–C–N with tert-alkyl or cyclic N) is 1. The van der Waals surface area contributed by atoms with Crippen LogP contribution in [0.3, 0.4) is 0 Å². The molecule has 5 nitrogen and oxygen atoms in total. The fourth-order valence-electron chi connectivity index (χ4n) is 2.09. The minimum absolute atomic E-state index is 0.0491. The molecule has 20 heavy (non-hydrogen) atoms. The van der Waals surface area contributed by atoms with Gasteiger partial charge in [-0.25, -0.2) is 0 Å². The number of piperazine rings is 1. The molecule has 0 saturated carbocycles. The Labute approximate surface area is 122 Å². The molecule has 0 aromatic rings. The molecule has 1 aliphatic heterocycles. The van der Waals surface area contributed by atoms with Crippen molar-refractivity contribution in [2.45, 2.75) is 26.9 Å². The van der Waals surface area contributed by atoms with Gasteiger partial charge in [0.2, 0.25) is 5.91 Å². The molecule has 2 N–H and O–H groups in total. The van der Waals surface area contributed by atoms with Gasteiger partial charge in [-0.1, -0.05) is 26.8 Å². The van der Waals surface area contributed by atoms with Gasteiger partial charge in [0.15, 0.2) is 0 Å². The summed E-state index contributed by atoms with van der Waals surface area (Å²) in [5, 5.41) is 12.9. The average molecular weight is 283 g/mol. The van der Waals surface area contributed by atoms with Gasteiger partial charge in [-0.2, -0.15) is 0 Å². The third kappa shape index (κ3) is 6.03. The van der Waals surface area contributed by atoms with Crippen LogP contribution in [0, 0.1) is 5.41 Å². The summed E-state index contributed by atoms with van der Waals surface area (Å²) >= 11 is 0. The number of amides is 1. The topological polar surface area (TPSA) is 55.8 Å². The molecule has 0 aliphatic carbocycles. The number of aliphatic hydroxyl groups excluding tert-OH is 1. The zero-order valence-electron chi connectivity index (χ0n) is 13.1. The minimum Gasteiger partial charge on any atom is -0.391 e. The highest BCUT2D eigenvalue weighted by Gasteiger charge is 2.26. The Bertz CT molecular complexity index is 318. The Morgan fingerprint density at radius 3 is 2.35 bits per heavy atom. The van der Waals surface area contributed by atoms with Crippen molar-refractivity contribution in [2.75, 3.05) is 45.8 Å². The van der Waals surface area contributed by atoms with E-state index in [1.54, 1.807) is 6.08 Å². The van der Waals surface area contributed by atoms with Crippen molar-refractivity contribution in [3.63, 3.8) is 0 Å². The van der Waals surface area contributed by atoms with Crippen LogP contribution in [0.1, 0.15) is 20.8 Å². The van der Waals surface area contributed by atoms with Gasteiger partial charge in [-0.05, 0) is 5.41 Å². The van der Waals surface area contributed by atoms with Crippen LogP contribution in [-0.4, -0.2) is 72.7 Å². The molecule has 0 unspecified atom stereocenters. The predicted molar refractivity (Wildman–Crippen MR) is 81.5 cm³/mol. The third-order valence-corrected chi connectivity index (χ3v) is 3.71. The number of nitrogens with one attached hydrogen (secondary N) is 1. The van der Waals surface area contributed by atoms with Crippen molar-refractivity contribution in [3.05, 3.63) is 12.7 Å². The molecule has 1 saturated heterocycles. The standard InChI is InChI=1S/C15H29N3O2/c1-5-6-16-14(20)12-18-9-7-17(8-10-18)11-13(19)15(2,3)4/h5,13,19H,1,6-12H2,2-4H3,(H,16,20)/t13-/m1/s1. The molecule has 1 aliphatic rings. The summed E-state index contributed by atoms with van der Waals surface area (Å²) in [5.74, 6) is 0.0491. The number of aliphatic hydroxyl groups is 1. The summed E-state index contributed by atoms with van der Waals surface area (Å²) in [6.45, 7) is 15.0. The Morgan fingerprint density at radius 2 is 1.85 bits per heavy atom. The van der Waals surface area contributed by atoms with Crippen LogP contribution in [0.15, 0.2) is 12.7 Å². The van der Waals surface area contributed by atoms with Crippen LogP contribution < -0.4 is 5.32 Å². The van der Waals surface area contributed by atoms with Crippen molar-refractivity contribution in [1.82, 2.24) is 15.1 Å². The van der Waals surface area contributed by atoms with Crippen LogP contribution >= 0.6 is 0 Å². The Kier molecular flexibility index (Phi) is 6.65. The van der Waals surface area contributed by atoms with E-state index in [2.05, 4.69) is 42.5 Å². The highest BCUT2D eigenvalue weighted by Crippen LogP contribution is 2.20. The van der Waals surface area contributed by atoms with E-state index in [1.165, 1.54) is 0 Å². The Morgan fingerprint density at radius 1 is 1.30 bits per heavy atom. The quantitative estimate of drug-likeness (QED) is 0.689. The monoisotopic (exact) mass is 283 g/mol. The van der Waals surface area contributed by atoms with E-state index in [0.29, 0.717) is 19.6 Å². The van der Waals surface area contributed by atoms with Crippen molar-refractivity contribution < 1.29 is 9.90 Å². The largest absolute Gasteiger partial charge is 0.391 e. The second-order valence-corrected chi connectivity index (χ2v) is 6.55. The molecule has 116 valence electrons. The van der Waals surface area contributed by atoms with E-state index in [4.69, 9.17) is 0 Å². The van der Waals surface area contributed by atoms with Crippen LogP contribution in [0.4, 0.5) is 0 Å². The summed E-state index contributed by atoms with van der Waals surface area (Å²) in [4.78, 5) is 16.0. The fourth-order valence-corrected chi connectivity index (χ4v) is 2.09. The molecule has 1 fully saturated rings. The SMILES string of the molecule is C=CCNC(=O)CN1CCN(C[C@@H](O)C(C)(C)C)CC1. The van der Waals surface area contributed by atoms with E-state index >= 15 is 0 Å². The van der Waals surface area contributed by atoms with Gasteiger partial charge in [0.1, 0.15) is 0 Å². The van der Waals surface area contributed by atoms with E-state index in [-0.39, 0.29) is 17.4 Å². The number of nitrogens with zero attached hydrogens (tertiary/aromatic N) is 2.